The Morgan fingerprint density at radius 3 is 2.52 bits per heavy atom. The molecule has 1 atom stereocenters. The van der Waals surface area contributed by atoms with E-state index in [9.17, 15) is 27.6 Å². The van der Waals surface area contributed by atoms with Crippen LogP contribution in [0, 0.1) is 5.92 Å². The molecule has 176 valence electrons. The third-order valence-corrected chi connectivity index (χ3v) is 4.99. The van der Waals surface area contributed by atoms with Crippen LogP contribution < -0.4 is 19.7 Å². The average Bonchev–Trinajstić information content (AvgIpc) is 3.18. The van der Waals surface area contributed by atoms with Crippen molar-refractivity contribution >= 4 is 29.2 Å². The molecule has 1 fully saturated rings. The Morgan fingerprint density at radius 1 is 1.12 bits per heavy atom. The number of carbonyl (C=O) groups excluding carboxylic acids is 3. The second kappa shape index (κ2) is 9.80. The van der Waals surface area contributed by atoms with Crippen LogP contribution in [0.15, 0.2) is 42.5 Å². The van der Waals surface area contributed by atoms with Gasteiger partial charge in [0.1, 0.15) is 11.5 Å². The molecule has 0 unspecified atom stereocenters. The van der Waals surface area contributed by atoms with E-state index < -0.39 is 41.8 Å². The smallest absolute Gasteiger partial charge is 0.418 e. The molecule has 2 aromatic rings. The minimum atomic E-state index is -4.66. The van der Waals surface area contributed by atoms with E-state index in [1.54, 1.807) is 18.2 Å². The summed E-state index contributed by atoms with van der Waals surface area (Å²) < 4.78 is 54.5. The maximum atomic E-state index is 13.0. The Labute approximate surface area is 187 Å². The molecule has 1 N–H and O–H groups in total. The molecule has 0 bridgehead atoms. The van der Waals surface area contributed by atoms with Gasteiger partial charge in [-0.1, -0.05) is 12.1 Å². The Morgan fingerprint density at radius 2 is 1.85 bits per heavy atom. The molecular weight excluding hydrogens is 445 g/mol. The van der Waals surface area contributed by atoms with Gasteiger partial charge in [0.2, 0.25) is 5.91 Å². The molecule has 11 heteroatoms. The fourth-order valence-corrected chi connectivity index (χ4v) is 3.39. The molecule has 1 saturated heterocycles. The molecule has 2 aromatic carbocycles. The number of esters is 1. The number of anilines is 2. The summed E-state index contributed by atoms with van der Waals surface area (Å²) in [5, 5.41) is 2.09. The minimum absolute atomic E-state index is 0.00111. The summed E-state index contributed by atoms with van der Waals surface area (Å²) in [5.74, 6) is -2.03. The fraction of sp³-hybridized carbons (Fsp3) is 0.318. The quantitative estimate of drug-likeness (QED) is 0.630. The number of hydrogen-bond acceptors (Lipinski definition) is 6. The molecule has 3 rings (SSSR count). The lowest BCUT2D eigenvalue weighted by atomic mass is 10.1. The van der Waals surface area contributed by atoms with Crippen LogP contribution in [-0.2, 0) is 25.3 Å². The van der Waals surface area contributed by atoms with Crippen LogP contribution in [0.5, 0.6) is 11.5 Å². The van der Waals surface area contributed by atoms with Crippen LogP contribution in [0.3, 0.4) is 0 Å². The molecule has 0 spiro atoms. The zero-order valence-electron chi connectivity index (χ0n) is 17.8. The molecule has 8 nitrogen and oxygen atoms in total. The Bertz CT molecular complexity index is 1060. The summed E-state index contributed by atoms with van der Waals surface area (Å²) in [7, 11) is 2.92. The Hall–Kier alpha value is -3.76. The molecular formula is C22H21F3N2O6. The third-order valence-electron chi connectivity index (χ3n) is 4.99. The molecule has 33 heavy (non-hydrogen) atoms. The highest BCUT2D eigenvalue weighted by Crippen LogP contribution is 2.36. The number of methoxy groups -OCH3 is 2. The second-order valence-electron chi connectivity index (χ2n) is 7.14. The van der Waals surface area contributed by atoms with Gasteiger partial charge in [-0.05, 0) is 24.3 Å². The predicted octanol–water partition coefficient (Wildman–Crippen LogP) is 3.26. The molecule has 0 aliphatic carbocycles. The van der Waals surface area contributed by atoms with E-state index in [2.05, 4.69) is 5.32 Å². The SMILES string of the molecule is COc1ccc(N2C[C@H](C(=O)OCC(=O)Nc3ccccc3C(F)(F)F)CC2=O)c(OC)c1. The number of nitrogens with zero attached hydrogens (tertiary/aromatic N) is 1. The number of para-hydroxylation sites is 1. The van der Waals surface area contributed by atoms with E-state index in [1.165, 1.54) is 31.3 Å². The van der Waals surface area contributed by atoms with Gasteiger partial charge >= 0.3 is 12.1 Å². The average molecular weight is 466 g/mol. The highest BCUT2D eigenvalue weighted by molar-refractivity contribution is 6.01. The standard InChI is InChI=1S/C22H21F3N2O6/c1-31-14-7-8-17(18(10-14)32-2)27-11-13(9-20(27)29)21(30)33-12-19(28)26-16-6-4-3-5-15(16)22(23,24)25/h3-8,10,13H,9,11-12H2,1-2H3,(H,26,28)/t13-/m1/s1. The van der Waals surface area contributed by atoms with Crippen LogP contribution in [0.2, 0.25) is 0 Å². The van der Waals surface area contributed by atoms with Crippen LogP contribution in [-0.4, -0.2) is 45.2 Å². The second-order valence-corrected chi connectivity index (χ2v) is 7.14. The van der Waals surface area contributed by atoms with Gasteiger partial charge in [0, 0.05) is 19.0 Å². The minimum Gasteiger partial charge on any atom is -0.497 e. The van der Waals surface area contributed by atoms with Crippen molar-refractivity contribution in [1.29, 1.82) is 0 Å². The number of alkyl halides is 3. The monoisotopic (exact) mass is 466 g/mol. The highest BCUT2D eigenvalue weighted by atomic mass is 19.4. The topological polar surface area (TPSA) is 94.2 Å². The largest absolute Gasteiger partial charge is 0.497 e. The zero-order chi connectivity index (χ0) is 24.2. The number of halogens is 3. The molecule has 0 saturated carbocycles. The van der Waals surface area contributed by atoms with Crippen molar-refractivity contribution in [2.45, 2.75) is 12.6 Å². The fourth-order valence-electron chi connectivity index (χ4n) is 3.39. The number of nitrogens with one attached hydrogen (secondary N) is 1. The van der Waals surface area contributed by atoms with Gasteiger partial charge in [-0.3, -0.25) is 14.4 Å². The van der Waals surface area contributed by atoms with Gasteiger partial charge < -0.3 is 24.4 Å². The van der Waals surface area contributed by atoms with Crippen molar-refractivity contribution in [2.75, 3.05) is 37.6 Å². The molecule has 1 heterocycles. The summed E-state index contributed by atoms with van der Waals surface area (Å²) in [6.45, 7) is -0.791. The molecule has 0 radical (unpaired) electrons. The molecule has 1 aliphatic rings. The van der Waals surface area contributed by atoms with Crippen LogP contribution in [0.25, 0.3) is 0 Å². The van der Waals surface area contributed by atoms with E-state index in [-0.39, 0.29) is 18.9 Å². The van der Waals surface area contributed by atoms with Crippen molar-refractivity contribution in [3.05, 3.63) is 48.0 Å². The molecule has 2 amide bonds. The summed E-state index contributed by atoms with van der Waals surface area (Å²) in [6.07, 6.45) is -4.80. The summed E-state index contributed by atoms with van der Waals surface area (Å²) in [6, 6.07) is 9.31. The van der Waals surface area contributed by atoms with Gasteiger partial charge in [0.25, 0.3) is 5.91 Å². The summed E-state index contributed by atoms with van der Waals surface area (Å²) in [4.78, 5) is 38.3. The van der Waals surface area contributed by atoms with Gasteiger partial charge in [-0.25, -0.2) is 0 Å². The van der Waals surface area contributed by atoms with Crippen LogP contribution in [0.4, 0.5) is 24.5 Å². The number of ether oxygens (including phenoxy) is 3. The van der Waals surface area contributed by atoms with Crippen molar-refractivity contribution < 1.29 is 41.8 Å². The number of benzene rings is 2. The first kappa shape index (κ1) is 23.9. The van der Waals surface area contributed by atoms with Crippen LogP contribution in [0.1, 0.15) is 12.0 Å². The lowest BCUT2D eigenvalue weighted by molar-refractivity contribution is -0.151. The van der Waals surface area contributed by atoms with E-state index in [4.69, 9.17) is 14.2 Å². The van der Waals surface area contributed by atoms with Gasteiger partial charge in [-0.2, -0.15) is 13.2 Å². The van der Waals surface area contributed by atoms with Crippen molar-refractivity contribution in [1.82, 2.24) is 0 Å². The predicted molar refractivity (Wildman–Crippen MR) is 111 cm³/mol. The lowest BCUT2D eigenvalue weighted by Crippen LogP contribution is -2.28. The Kier molecular flexibility index (Phi) is 7.10. The van der Waals surface area contributed by atoms with E-state index in [0.717, 1.165) is 12.1 Å². The molecule has 1 aliphatic heterocycles. The van der Waals surface area contributed by atoms with Gasteiger partial charge in [0.05, 0.1) is 37.1 Å². The first-order valence-corrected chi connectivity index (χ1v) is 9.79. The van der Waals surface area contributed by atoms with Crippen molar-refractivity contribution in [2.24, 2.45) is 5.92 Å². The summed E-state index contributed by atoms with van der Waals surface area (Å²) in [5.41, 5.74) is -1.02. The van der Waals surface area contributed by atoms with Gasteiger partial charge in [-0.15, -0.1) is 0 Å². The van der Waals surface area contributed by atoms with E-state index in [1.807, 2.05) is 0 Å². The highest BCUT2D eigenvalue weighted by Gasteiger charge is 2.38. The first-order chi connectivity index (χ1) is 15.6. The maximum Gasteiger partial charge on any atom is 0.418 e. The van der Waals surface area contributed by atoms with Gasteiger partial charge in [0.15, 0.2) is 6.61 Å². The van der Waals surface area contributed by atoms with Crippen molar-refractivity contribution in [3.63, 3.8) is 0 Å². The lowest BCUT2D eigenvalue weighted by Gasteiger charge is -2.20. The Balaban J connectivity index is 1.60. The van der Waals surface area contributed by atoms with E-state index >= 15 is 0 Å². The maximum absolute atomic E-state index is 13.0. The van der Waals surface area contributed by atoms with Crippen LogP contribution >= 0.6 is 0 Å². The number of hydrogen-bond donors (Lipinski definition) is 1. The number of amides is 2. The molecule has 0 aromatic heterocycles. The number of rotatable bonds is 7. The van der Waals surface area contributed by atoms with Crippen molar-refractivity contribution in [3.8, 4) is 11.5 Å². The normalized spacial score (nSPS) is 15.8. The summed E-state index contributed by atoms with van der Waals surface area (Å²) >= 11 is 0. The zero-order valence-corrected chi connectivity index (χ0v) is 17.8. The number of carbonyl (C=O) groups is 3. The first-order valence-electron chi connectivity index (χ1n) is 9.79. The van der Waals surface area contributed by atoms with E-state index in [0.29, 0.717) is 17.2 Å². The third kappa shape index (κ3) is 5.54.